The SMILES string of the molecule is COCOc1ccc(N(C)C)cc1C(=O)c1ccc(C(=O)O[C@@H]2CCCN(C(=O)O)C[C@H]2NC(=O)c2cc(C)c(OCOC)c(C)c2)cc1. The van der Waals surface area contributed by atoms with Crippen molar-refractivity contribution in [3.05, 3.63) is 88.0 Å². The summed E-state index contributed by atoms with van der Waals surface area (Å²) < 4.78 is 27.2. The molecule has 0 bridgehead atoms. The number of carbonyl (C=O) groups is 4. The van der Waals surface area contributed by atoms with E-state index in [9.17, 15) is 24.3 Å². The van der Waals surface area contributed by atoms with Gasteiger partial charge in [0.05, 0.1) is 17.2 Å². The standard InChI is InChI=1S/C36H43N3O10/c1-22-16-26(17-23(2)33(22)48-21-46-6)34(41)37-29-19-39(36(43)44)15-7-8-31(29)49-35(42)25-11-9-24(10-12-25)32(40)28-18-27(38(3)4)13-14-30(28)47-20-45-5/h9-14,16-18,29,31H,7-8,15,19-21H2,1-6H3,(H,37,41)(H,43,44)/t29-,31-/m1/s1. The molecule has 3 aromatic carbocycles. The summed E-state index contributed by atoms with van der Waals surface area (Å²) >= 11 is 0. The predicted octanol–water partition coefficient (Wildman–Crippen LogP) is 4.66. The molecule has 1 heterocycles. The zero-order chi connectivity index (χ0) is 35.7. The van der Waals surface area contributed by atoms with Gasteiger partial charge in [-0.05, 0) is 80.3 Å². The van der Waals surface area contributed by atoms with E-state index in [1.165, 1.54) is 43.4 Å². The third kappa shape index (κ3) is 9.27. The van der Waals surface area contributed by atoms with Crippen molar-refractivity contribution < 1.29 is 48.0 Å². The summed E-state index contributed by atoms with van der Waals surface area (Å²) in [6.07, 6.45) is -1.20. The normalized spacial score (nSPS) is 15.9. The van der Waals surface area contributed by atoms with Gasteiger partial charge in [-0.25, -0.2) is 9.59 Å². The van der Waals surface area contributed by atoms with Crippen LogP contribution in [0.5, 0.6) is 11.5 Å². The molecule has 1 saturated heterocycles. The molecule has 1 aliphatic rings. The van der Waals surface area contributed by atoms with Gasteiger partial charge in [0.25, 0.3) is 5.91 Å². The first-order chi connectivity index (χ1) is 23.4. The van der Waals surface area contributed by atoms with E-state index in [-0.39, 0.29) is 38.0 Å². The van der Waals surface area contributed by atoms with Gasteiger partial charge < -0.3 is 43.9 Å². The number of carboxylic acid groups (broad SMARTS) is 1. The molecule has 0 radical (unpaired) electrons. The maximum Gasteiger partial charge on any atom is 0.407 e. The number of ketones is 1. The minimum absolute atomic E-state index is 0.0331. The van der Waals surface area contributed by atoms with Crippen molar-refractivity contribution in [2.75, 3.05) is 59.9 Å². The van der Waals surface area contributed by atoms with Crippen molar-refractivity contribution in [2.45, 2.75) is 38.8 Å². The van der Waals surface area contributed by atoms with Crippen LogP contribution >= 0.6 is 0 Å². The number of aryl methyl sites for hydroxylation is 2. The van der Waals surface area contributed by atoms with Crippen molar-refractivity contribution in [3.63, 3.8) is 0 Å². The number of hydrogen-bond donors (Lipinski definition) is 2. The van der Waals surface area contributed by atoms with Crippen LogP contribution in [-0.2, 0) is 14.2 Å². The molecule has 13 heteroatoms. The second kappa shape index (κ2) is 16.8. The van der Waals surface area contributed by atoms with Crippen LogP contribution in [0.1, 0.15) is 60.6 Å². The molecule has 4 rings (SSSR count). The van der Waals surface area contributed by atoms with Gasteiger partial charge in [-0.3, -0.25) is 9.59 Å². The Labute approximate surface area is 285 Å². The monoisotopic (exact) mass is 677 g/mol. The average molecular weight is 678 g/mol. The van der Waals surface area contributed by atoms with E-state index in [0.717, 1.165) is 16.8 Å². The van der Waals surface area contributed by atoms with Crippen molar-refractivity contribution in [2.24, 2.45) is 0 Å². The molecule has 2 atom stereocenters. The first kappa shape index (κ1) is 36.7. The van der Waals surface area contributed by atoms with Gasteiger partial charge in [-0.2, -0.15) is 0 Å². The topological polar surface area (TPSA) is 153 Å². The highest BCUT2D eigenvalue weighted by Crippen LogP contribution is 2.28. The number of carbonyl (C=O) groups excluding carboxylic acids is 3. The molecule has 1 fully saturated rings. The lowest BCUT2D eigenvalue weighted by Gasteiger charge is -2.28. The molecule has 1 aliphatic heterocycles. The fourth-order valence-electron chi connectivity index (χ4n) is 5.60. The summed E-state index contributed by atoms with van der Waals surface area (Å²) in [6.45, 7) is 3.80. The molecule has 13 nitrogen and oxygen atoms in total. The fourth-order valence-corrected chi connectivity index (χ4v) is 5.60. The highest BCUT2D eigenvalue weighted by Gasteiger charge is 2.34. The van der Waals surface area contributed by atoms with Gasteiger partial charge in [0.2, 0.25) is 0 Å². The number of rotatable bonds is 13. The third-order valence-corrected chi connectivity index (χ3v) is 8.11. The van der Waals surface area contributed by atoms with Crippen molar-refractivity contribution >= 4 is 29.4 Å². The Morgan fingerprint density at radius 2 is 1.51 bits per heavy atom. The Balaban J connectivity index is 1.52. The number of nitrogens with zero attached hydrogens (tertiary/aromatic N) is 2. The van der Waals surface area contributed by atoms with Crippen LogP contribution in [-0.4, -0.2) is 101 Å². The van der Waals surface area contributed by atoms with Crippen LogP contribution in [0.15, 0.2) is 54.6 Å². The Kier molecular flexibility index (Phi) is 12.6. The Bertz CT molecular complexity index is 1630. The van der Waals surface area contributed by atoms with E-state index < -0.39 is 30.1 Å². The van der Waals surface area contributed by atoms with E-state index in [4.69, 9.17) is 23.7 Å². The molecule has 49 heavy (non-hydrogen) atoms. The molecular formula is C36H43N3O10. The van der Waals surface area contributed by atoms with Crippen molar-refractivity contribution in [1.29, 1.82) is 0 Å². The minimum atomic E-state index is -1.13. The molecule has 262 valence electrons. The summed E-state index contributed by atoms with van der Waals surface area (Å²) in [5.74, 6) is -0.460. The van der Waals surface area contributed by atoms with Gasteiger partial charge >= 0.3 is 12.1 Å². The molecule has 0 aromatic heterocycles. The first-order valence-electron chi connectivity index (χ1n) is 15.7. The van der Waals surface area contributed by atoms with Crippen LogP contribution in [0.3, 0.4) is 0 Å². The summed E-state index contributed by atoms with van der Waals surface area (Å²) in [7, 11) is 6.73. The number of benzene rings is 3. The number of esters is 1. The molecule has 0 unspecified atom stereocenters. The molecule has 2 amide bonds. The number of anilines is 1. The van der Waals surface area contributed by atoms with E-state index in [2.05, 4.69) is 5.32 Å². The van der Waals surface area contributed by atoms with Crippen LogP contribution in [0.4, 0.5) is 10.5 Å². The number of nitrogens with one attached hydrogen (secondary N) is 1. The second-order valence-electron chi connectivity index (χ2n) is 11.9. The fraction of sp³-hybridized carbons (Fsp3) is 0.389. The lowest BCUT2D eigenvalue weighted by Crippen LogP contribution is -2.51. The largest absolute Gasteiger partial charge is 0.467 e. The zero-order valence-corrected chi connectivity index (χ0v) is 28.6. The minimum Gasteiger partial charge on any atom is -0.467 e. The van der Waals surface area contributed by atoms with Crippen LogP contribution in [0.2, 0.25) is 0 Å². The highest BCUT2D eigenvalue weighted by atomic mass is 16.7. The molecule has 2 N–H and O–H groups in total. The lowest BCUT2D eigenvalue weighted by molar-refractivity contribution is 0.0179. The van der Waals surface area contributed by atoms with E-state index in [1.807, 2.05) is 38.9 Å². The van der Waals surface area contributed by atoms with Crippen molar-refractivity contribution in [3.8, 4) is 11.5 Å². The maximum absolute atomic E-state index is 13.5. The Morgan fingerprint density at radius 3 is 2.12 bits per heavy atom. The van der Waals surface area contributed by atoms with E-state index >= 15 is 0 Å². The van der Waals surface area contributed by atoms with E-state index in [1.54, 1.807) is 24.3 Å². The summed E-state index contributed by atoms with van der Waals surface area (Å²) in [5.41, 5.74) is 3.46. The summed E-state index contributed by atoms with van der Waals surface area (Å²) in [4.78, 5) is 55.4. The van der Waals surface area contributed by atoms with Gasteiger partial charge in [-0.1, -0.05) is 12.1 Å². The summed E-state index contributed by atoms with van der Waals surface area (Å²) in [5, 5.41) is 12.6. The molecule has 0 saturated carbocycles. The zero-order valence-electron chi connectivity index (χ0n) is 28.6. The average Bonchev–Trinajstić information content (AvgIpc) is 3.28. The molecular weight excluding hydrogens is 634 g/mol. The summed E-state index contributed by atoms with van der Waals surface area (Å²) in [6, 6.07) is 13.8. The predicted molar refractivity (Wildman–Crippen MR) is 181 cm³/mol. The van der Waals surface area contributed by atoms with Crippen molar-refractivity contribution in [1.82, 2.24) is 10.2 Å². The quantitative estimate of drug-likeness (QED) is 0.148. The number of ether oxygens (including phenoxy) is 5. The van der Waals surface area contributed by atoms with Gasteiger partial charge in [0.1, 0.15) is 17.6 Å². The number of likely N-dealkylation sites (tertiary alicyclic amines) is 1. The number of methoxy groups -OCH3 is 2. The molecule has 3 aromatic rings. The maximum atomic E-state index is 13.5. The van der Waals surface area contributed by atoms with Gasteiger partial charge in [0, 0.05) is 58.2 Å². The van der Waals surface area contributed by atoms with E-state index in [0.29, 0.717) is 41.0 Å². The number of hydrogen-bond acceptors (Lipinski definition) is 10. The molecule has 0 aliphatic carbocycles. The van der Waals surface area contributed by atoms with Crippen LogP contribution in [0, 0.1) is 13.8 Å². The smallest absolute Gasteiger partial charge is 0.407 e. The van der Waals surface area contributed by atoms with Gasteiger partial charge in [0.15, 0.2) is 19.4 Å². The lowest BCUT2D eigenvalue weighted by atomic mass is 10.00. The second-order valence-corrected chi connectivity index (χ2v) is 11.9. The highest BCUT2D eigenvalue weighted by molar-refractivity contribution is 6.11. The first-order valence-corrected chi connectivity index (χ1v) is 15.7. The number of amides is 2. The molecule has 0 spiro atoms. The Morgan fingerprint density at radius 1 is 0.878 bits per heavy atom. The van der Waals surface area contributed by atoms with Crippen LogP contribution < -0.4 is 19.7 Å². The Hall–Kier alpha value is -5.14. The van der Waals surface area contributed by atoms with Gasteiger partial charge in [-0.15, -0.1) is 0 Å². The third-order valence-electron chi connectivity index (χ3n) is 8.11. The van der Waals surface area contributed by atoms with Crippen LogP contribution in [0.25, 0.3) is 0 Å².